The molecule has 22 heavy (non-hydrogen) atoms. The number of nitrogens with zero attached hydrogens (tertiary/aromatic N) is 2. The van der Waals surface area contributed by atoms with Crippen LogP contribution in [0.3, 0.4) is 0 Å². The molecule has 0 amide bonds. The van der Waals surface area contributed by atoms with Crippen molar-refractivity contribution in [3.05, 3.63) is 34.9 Å². The minimum Gasteiger partial charge on any atom is -0.387 e. The number of rotatable bonds is 5. The minimum absolute atomic E-state index is 0.403. The van der Waals surface area contributed by atoms with E-state index in [0.29, 0.717) is 17.0 Å². The first kappa shape index (κ1) is 17.7. The summed E-state index contributed by atoms with van der Waals surface area (Å²) in [4.78, 5) is 4.88. The lowest BCUT2D eigenvalue weighted by Crippen LogP contribution is -2.48. The molecule has 1 N–H and O–H groups in total. The van der Waals surface area contributed by atoms with Gasteiger partial charge in [-0.3, -0.25) is 4.90 Å². The van der Waals surface area contributed by atoms with Gasteiger partial charge in [-0.1, -0.05) is 44.5 Å². The van der Waals surface area contributed by atoms with E-state index in [0.717, 1.165) is 31.7 Å². The molecule has 1 aromatic carbocycles. The Hall–Kier alpha value is -0.610. The number of β-amino-alcohol motifs (C(OH)–C–C–N with tert-alkyl or cyclic N) is 1. The monoisotopic (exact) mass is 324 g/mol. The molecular weight excluding hydrogens is 296 g/mol. The van der Waals surface area contributed by atoms with Crippen molar-refractivity contribution in [2.45, 2.75) is 33.3 Å². The van der Waals surface area contributed by atoms with Gasteiger partial charge in [0, 0.05) is 37.7 Å². The van der Waals surface area contributed by atoms with Crippen molar-refractivity contribution < 1.29 is 5.11 Å². The third kappa shape index (κ3) is 5.88. The van der Waals surface area contributed by atoms with Gasteiger partial charge in [-0.05, 0) is 36.1 Å². The van der Waals surface area contributed by atoms with Gasteiger partial charge in [0.15, 0.2) is 0 Å². The topological polar surface area (TPSA) is 26.7 Å². The molecule has 124 valence electrons. The van der Waals surface area contributed by atoms with E-state index < -0.39 is 6.10 Å². The van der Waals surface area contributed by atoms with E-state index in [2.05, 4.69) is 30.6 Å². The van der Waals surface area contributed by atoms with Gasteiger partial charge in [0.25, 0.3) is 0 Å². The second kappa shape index (κ2) is 7.78. The smallest absolute Gasteiger partial charge is 0.0917 e. The van der Waals surface area contributed by atoms with Crippen molar-refractivity contribution in [3.8, 4) is 0 Å². The second-order valence-electron chi connectivity index (χ2n) is 7.52. The number of halogens is 1. The summed E-state index contributed by atoms with van der Waals surface area (Å²) in [6.45, 7) is 13.0. The second-order valence-corrected chi connectivity index (χ2v) is 7.96. The van der Waals surface area contributed by atoms with Crippen molar-refractivity contribution in [2.75, 3.05) is 39.3 Å². The van der Waals surface area contributed by atoms with Gasteiger partial charge < -0.3 is 10.0 Å². The molecule has 0 saturated carbocycles. The quantitative estimate of drug-likeness (QED) is 0.899. The van der Waals surface area contributed by atoms with Crippen LogP contribution in [-0.2, 0) is 0 Å². The fourth-order valence-corrected chi connectivity index (χ4v) is 2.95. The van der Waals surface area contributed by atoms with Crippen LogP contribution < -0.4 is 0 Å². The summed E-state index contributed by atoms with van der Waals surface area (Å²) in [7, 11) is 0. The minimum atomic E-state index is -0.458. The largest absolute Gasteiger partial charge is 0.387 e. The molecule has 1 fully saturated rings. The fraction of sp³-hybridized carbons (Fsp3) is 0.667. The maximum atomic E-state index is 10.4. The summed E-state index contributed by atoms with van der Waals surface area (Å²) < 4.78 is 0. The average Bonchev–Trinajstić information content (AvgIpc) is 2.46. The SMILES string of the molecule is CC(C)(C)CCN1CCN(CC(O)c2cccc(Cl)c2)CC1. The molecule has 4 heteroatoms. The van der Waals surface area contributed by atoms with Crippen molar-refractivity contribution in [3.63, 3.8) is 0 Å². The average molecular weight is 325 g/mol. The molecule has 0 radical (unpaired) electrons. The summed E-state index contributed by atoms with van der Waals surface area (Å²) in [6, 6.07) is 7.53. The first-order chi connectivity index (χ1) is 10.3. The van der Waals surface area contributed by atoms with E-state index in [1.54, 1.807) is 0 Å². The Kier molecular flexibility index (Phi) is 6.27. The Morgan fingerprint density at radius 3 is 2.36 bits per heavy atom. The van der Waals surface area contributed by atoms with Crippen molar-refractivity contribution in [1.82, 2.24) is 9.80 Å². The standard InChI is InChI=1S/C18H29ClN2O/c1-18(2,3)7-8-20-9-11-21(12-10-20)14-17(22)15-5-4-6-16(19)13-15/h4-6,13,17,22H,7-12,14H2,1-3H3. The van der Waals surface area contributed by atoms with E-state index >= 15 is 0 Å². The number of aliphatic hydroxyl groups excluding tert-OH is 1. The Morgan fingerprint density at radius 1 is 1.14 bits per heavy atom. The van der Waals surface area contributed by atoms with E-state index in [-0.39, 0.29) is 0 Å². The highest BCUT2D eigenvalue weighted by Crippen LogP contribution is 2.21. The molecule has 1 heterocycles. The van der Waals surface area contributed by atoms with Gasteiger partial charge in [-0.15, -0.1) is 0 Å². The van der Waals surface area contributed by atoms with Crippen molar-refractivity contribution in [1.29, 1.82) is 0 Å². The molecule has 0 bridgehead atoms. The van der Waals surface area contributed by atoms with E-state index in [1.807, 2.05) is 24.3 Å². The third-order valence-electron chi connectivity index (χ3n) is 4.31. The molecule has 1 saturated heterocycles. The Balaban J connectivity index is 1.75. The summed E-state index contributed by atoms with van der Waals surface area (Å²) in [5.74, 6) is 0. The molecule has 0 aliphatic carbocycles. The number of benzene rings is 1. The van der Waals surface area contributed by atoms with Crippen LogP contribution in [0.25, 0.3) is 0 Å². The summed E-state index contributed by atoms with van der Waals surface area (Å²) >= 11 is 5.99. The van der Waals surface area contributed by atoms with Crippen LogP contribution in [0.15, 0.2) is 24.3 Å². The van der Waals surface area contributed by atoms with Gasteiger partial charge >= 0.3 is 0 Å². The maximum absolute atomic E-state index is 10.4. The molecule has 1 aliphatic heterocycles. The molecule has 1 atom stereocenters. The van der Waals surface area contributed by atoms with Crippen LogP contribution in [0.5, 0.6) is 0 Å². The summed E-state index contributed by atoms with van der Waals surface area (Å²) in [5, 5.41) is 11.0. The van der Waals surface area contributed by atoms with Gasteiger partial charge in [-0.2, -0.15) is 0 Å². The zero-order valence-corrected chi connectivity index (χ0v) is 14.8. The predicted octanol–water partition coefficient (Wildman–Crippen LogP) is 3.43. The lowest BCUT2D eigenvalue weighted by Gasteiger charge is -2.36. The van der Waals surface area contributed by atoms with E-state index in [1.165, 1.54) is 13.0 Å². The van der Waals surface area contributed by atoms with E-state index in [4.69, 9.17) is 11.6 Å². The first-order valence-electron chi connectivity index (χ1n) is 8.22. The third-order valence-corrected chi connectivity index (χ3v) is 4.54. The highest BCUT2D eigenvalue weighted by Gasteiger charge is 2.21. The lowest BCUT2D eigenvalue weighted by atomic mass is 9.92. The highest BCUT2D eigenvalue weighted by molar-refractivity contribution is 6.30. The molecule has 1 unspecified atom stereocenters. The molecule has 0 aromatic heterocycles. The molecule has 1 aliphatic rings. The van der Waals surface area contributed by atoms with Gasteiger partial charge in [0.1, 0.15) is 0 Å². The first-order valence-corrected chi connectivity index (χ1v) is 8.59. The Morgan fingerprint density at radius 2 is 1.77 bits per heavy atom. The lowest BCUT2D eigenvalue weighted by molar-refractivity contribution is 0.0689. The number of hydrogen-bond donors (Lipinski definition) is 1. The zero-order valence-electron chi connectivity index (χ0n) is 14.1. The summed E-state index contributed by atoms with van der Waals surface area (Å²) in [6.07, 6.45) is 0.776. The fourth-order valence-electron chi connectivity index (χ4n) is 2.75. The van der Waals surface area contributed by atoms with Crippen LogP contribution in [0.2, 0.25) is 5.02 Å². The maximum Gasteiger partial charge on any atom is 0.0917 e. The summed E-state index contributed by atoms with van der Waals surface area (Å²) in [5.41, 5.74) is 1.31. The molecule has 3 nitrogen and oxygen atoms in total. The Labute approximate surface area is 139 Å². The van der Waals surface area contributed by atoms with Crippen LogP contribution in [0, 0.1) is 5.41 Å². The predicted molar refractivity (Wildman–Crippen MR) is 93.4 cm³/mol. The van der Waals surface area contributed by atoms with Crippen LogP contribution in [0.4, 0.5) is 0 Å². The molecule has 1 aromatic rings. The molecule has 2 rings (SSSR count). The molecular formula is C18H29ClN2O. The van der Waals surface area contributed by atoms with Crippen LogP contribution >= 0.6 is 11.6 Å². The van der Waals surface area contributed by atoms with Gasteiger partial charge in [0.2, 0.25) is 0 Å². The van der Waals surface area contributed by atoms with E-state index in [9.17, 15) is 5.11 Å². The number of hydrogen-bond acceptors (Lipinski definition) is 3. The molecule has 0 spiro atoms. The van der Waals surface area contributed by atoms with Crippen LogP contribution in [-0.4, -0.2) is 54.2 Å². The normalized spacial score (nSPS) is 19.3. The van der Waals surface area contributed by atoms with Crippen LogP contribution in [0.1, 0.15) is 38.9 Å². The Bertz CT molecular complexity index is 464. The van der Waals surface area contributed by atoms with Crippen molar-refractivity contribution in [2.24, 2.45) is 5.41 Å². The number of aliphatic hydroxyl groups is 1. The van der Waals surface area contributed by atoms with Gasteiger partial charge in [-0.25, -0.2) is 0 Å². The highest BCUT2D eigenvalue weighted by atomic mass is 35.5. The van der Waals surface area contributed by atoms with Crippen molar-refractivity contribution >= 4 is 11.6 Å². The van der Waals surface area contributed by atoms with Gasteiger partial charge in [0.05, 0.1) is 6.10 Å². The zero-order chi connectivity index (χ0) is 16.2. The number of piperazine rings is 1.